The van der Waals surface area contributed by atoms with E-state index in [1.54, 1.807) is 41.8 Å². The summed E-state index contributed by atoms with van der Waals surface area (Å²) in [5, 5.41) is 3.56. The number of nitrogens with one attached hydrogen (secondary N) is 1. The molecule has 1 N–H and O–H groups in total. The third-order valence-electron chi connectivity index (χ3n) is 6.32. The molecule has 0 saturated carbocycles. The third kappa shape index (κ3) is 4.62. The summed E-state index contributed by atoms with van der Waals surface area (Å²) < 4.78 is 6.88. The van der Waals surface area contributed by atoms with Crippen LogP contribution in [0.1, 0.15) is 36.3 Å². The van der Waals surface area contributed by atoms with E-state index in [9.17, 15) is 9.59 Å². The Hall–Kier alpha value is -4.13. The molecule has 0 aliphatic carbocycles. The molecule has 7 heteroatoms. The van der Waals surface area contributed by atoms with Gasteiger partial charge in [-0.2, -0.15) is 0 Å². The summed E-state index contributed by atoms with van der Waals surface area (Å²) in [6, 6.07) is 19.7. The van der Waals surface area contributed by atoms with Crippen LogP contribution in [0.15, 0.2) is 71.5 Å². The van der Waals surface area contributed by atoms with Crippen molar-refractivity contribution in [2.45, 2.75) is 33.2 Å². The lowest BCUT2D eigenvalue weighted by Gasteiger charge is -2.29. The van der Waals surface area contributed by atoms with E-state index in [2.05, 4.69) is 5.32 Å². The van der Waals surface area contributed by atoms with Crippen molar-refractivity contribution in [3.8, 4) is 11.4 Å². The quantitative estimate of drug-likeness (QED) is 0.396. The largest absolute Gasteiger partial charge is 0.497 e. The molecule has 0 aliphatic heterocycles. The van der Waals surface area contributed by atoms with Crippen LogP contribution in [0.4, 0.5) is 10.5 Å². The summed E-state index contributed by atoms with van der Waals surface area (Å²) in [6.07, 6.45) is 0.567. The number of anilines is 1. The predicted molar refractivity (Wildman–Crippen MR) is 140 cm³/mol. The highest BCUT2D eigenvalue weighted by atomic mass is 16.5. The molecule has 4 rings (SSSR count). The van der Waals surface area contributed by atoms with E-state index in [-0.39, 0.29) is 11.6 Å². The van der Waals surface area contributed by atoms with Crippen molar-refractivity contribution < 1.29 is 9.53 Å². The van der Waals surface area contributed by atoms with E-state index >= 15 is 0 Å². The molecule has 0 saturated heterocycles. The minimum Gasteiger partial charge on any atom is -0.497 e. The molecule has 0 aliphatic rings. The number of aromatic nitrogens is 2. The average Bonchev–Trinajstić information content (AvgIpc) is 2.87. The highest BCUT2D eigenvalue weighted by molar-refractivity contribution is 5.91. The zero-order chi connectivity index (χ0) is 25.1. The van der Waals surface area contributed by atoms with Gasteiger partial charge in [0.05, 0.1) is 29.7 Å². The first-order valence-electron chi connectivity index (χ1n) is 11.6. The van der Waals surface area contributed by atoms with Crippen LogP contribution in [-0.4, -0.2) is 34.6 Å². The standard InChI is InChI=1S/C28H30N4O3/c1-6-24(31(4)28(34)30-25-18(2)10-9-11-19(25)3)26-29-23-13-8-7-12-22(23)27(33)32(26)20-14-16-21(35-5)17-15-20/h7-17,24H,6H2,1-5H3,(H,30,34). The Labute approximate surface area is 205 Å². The van der Waals surface area contributed by atoms with E-state index in [1.807, 2.05) is 69.3 Å². The molecule has 0 fully saturated rings. The first kappa shape index (κ1) is 24.0. The molecule has 3 aromatic carbocycles. The SMILES string of the molecule is CCC(c1nc2ccccc2c(=O)n1-c1ccc(OC)cc1)N(C)C(=O)Nc1c(C)cccc1C. The fraction of sp³-hybridized carbons (Fsp3) is 0.250. The molecule has 1 atom stereocenters. The molecule has 35 heavy (non-hydrogen) atoms. The molecular weight excluding hydrogens is 440 g/mol. The number of carbonyl (C=O) groups excluding carboxylic acids is 1. The smallest absolute Gasteiger partial charge is 0.322 e. The number of urea groups is 1. The Bertz CT molecular complexity index is 1410. The van der Waals surface area contributed by atoms with Crippen LogP contribution in [-0.2, 0) is 0 Å². The second-order valence-electron chi connectivity index (χ2n) is 8.56. The lowest BCUT2D eigenvalue weighted by Crippen LogP contribution is -2.38. The Morgan fingerprint density at radius 2 is 1.69 bits per heavy atom. The third-order valence-corrected chi connectivity index (χ3v) is 6.32. The first-order valence-corrected chi connectivity index (χ1v) is 11.6. The molecule has 7 nitrogen and oxygen atoms in total. The van der Waals surface area contributed by atoms with Gasteiger partial charge in [0, 0.05) is 12.7 Å². The number of rotatable bonds is 6. The first-order chi connectivity index (χ1) is 16.8. The molecule has 4 aromatic rings. The van der Waals surface area contributed by atoms with E-state index in [4.69, 9.17) is 9.72 Å². The van der Waals surface area contributed by atoms with Crippen LogP contribution in [0.2, 0.25) is 0 Å². The molecule has 1 unspecified atom stereocenters. The maximum Gasteiger partial charge on any atom is 0.322 e. The Morgan fingerprint density at radius 3 is 2.31 bits per heavy atom. The molecule has 0 spiro atoms. The normalized spacial score (nSPS) is 11.8. The fourth-order valence-corrected chi connectivity index (χ4v) is 4.33. The molecule has 2 amide bonds. The fourth-order valence-electron chi connectivity index (χ4n) is 4.33. The summed E-state index contributed by atoms with van der Waals surface area (Å²) >= 11 is 0. The highest BCUT2D eigenvalue weighted by Gasteiger charge is 2.27. The zero-order valence-electron chi connectivity index (χ0n) is 20.7. The van der Waals surface area contributed by atoms with Gasteiger partial charge in [-0.25, -0.2) is 9.78 Å². The van der Waals surface area contributed by atoms with Gasteiger partial charge in [0.2, 0.25) is 0 Å². The zero-order valence-corrected chi connectivity index (χ0v) is 20.7. The van der Waals surface area contributed by atoms with Crippen molar-refractivity contribution in [3.05, 3.63) is 94.0 Å². The number of hydrogen-bond acceptors (Lipinski definition) is 4. The number of amides is 2. The van der Waals surface area contributed by atoms with E-state index in [0.29, 0.717) is 34.6 Å². The Kier molecular flexibility index (Phi) is 6.87. The molecule has 180 valence electrons. The van der Waals surface area contributed by atoms with Crippen LogP contribution < -0.4 is 15.6 Å². The molecule has 0 radical (unpaired) electrons. The van der Waals surface area contributed by atoms with Crippen molar-refractivity contribution in [1.82, 2.24) is 14.5 Å². The highest BCUT2D eigenvalue weighted by Crippen LogP contribution is 2.27. The summed E-state index contributed by atoms with van der Waals surface area (Å²) in [6.45, 7) is 5.91. The Balaban J connectivity index is 1.82. The van der Waals surface area contributed by atoms with Crippen molar-refractivity contribution in [3.63, 3.8) is 0 Å². The van der Waals surface area contributed by atoms with Crippen molar-refractivity contribution in [2.24, 2.45) is 0 Å². The van der Waals surface area contributed by atoms with Gasteiger partial charge in [-0.3, -0.25) is 9.36 Å². The van der Waals surface area contributed by atoms with Crippen LogP contribution in [0.25, 0.3) is 16.6 Å². The monoisotopic (exact) mass is 470 g/mol. The van der Waals surface area contributed by atoms with Crippen LogP contribution in [0.3, 0.4) is 0 Å². The number of ether oxygens (including phenoxy) is 1. The number of carbonyl (C=O) groups is 1. The lowest BCUT2D eigenvalue weighted by atomic mass is 10.1. The van der Waals surface area contributed by atoms with Crippen LogP contribution in [0.5, 0.6) is 5.75 Å². The van der Waals surface area contributed by atoms with Gasteiger partial charge in [-0.05, 0) is 67.8 Å². The maximum absolute atomic E-state index is 13.7. The van der Waals surface area contributed by atoms with Crippen LogP contribution in [0, 0.1) is 13.8 Å². The molecule has 1 aromatic heterocycles. The summed E-state index contributed by atoms with van der Waals surface area (Å²) in [5.41, 5.74) is 3.83. The maximum atomic E-state index is 13.7. The number of para-hydroxylation sites is 2. The minimum absolute atomic E-state index is 0.183. The number of aryl methyl sites for hydroxylation is 2. The van der Waals surface area contributed by atoms with Gasteiger partial charge in [0.1, 0.15) is 11.6 Å². The Morgan fingerprint density at radius 1 is 1.03 bits per heavy atom. The van der Waals surface area contributed by atoms with E-state index in [1.165, 1.54) is 0 Å². The number of hydrogen-bond donors (Lipinski definition) is 1. The summed E-state index contributed by atoms with van der Waals surface area (Å²) in [4.78, 5) is 33.5. The summed E-state index contributed by atoms with van der Waals surface area (Å²) in [5.74, 6) is 1.19. The topological polar surface area (TPSA) is 76.5 Å². The number of fused-ring (bicyclic) bond motifs is 1. The minimum atomic E-state index is -0.446. The predicted octanol–water partition coefficient (Wildman–Crippen LogP) is 5.63. The van der Waals surface area contributed by atoms with Crippen molar-refractivity contribution in [2.75, 3.05) is 19.5 Å². The van der Waals surface area contributed by atoms with Gasteiger partial charge in [-0.15, -0.1) is 0 Å². The van der Waals surface area contributed by atoms with Crippen molar-refractivity contribution >= 4 is 22.6 Å². The second kappa shape index (κ2) is 10.0. The van der Waals surface area contributed by atoms with Crippen LogP contribution >= 0.6 is 0 Å². The van der Waals surface area contributed by atoms with E-state index in [0.717, 1.165) is 16.8 Å². The number of benzene rings is 3. The van der Waals surface area contributed by atoms with Gasteiger partial charge in [0.15, 0.2) is 0 Å². The average molecular weight is 471 g/mol. The lowest BCUT2D eigenvalue weighted by molar-refractivity contribution is 0.199. The van der Waals surface area contributed by atoms with Gasteiger partial charge < -0.3 is 15.0 Å². The molecule has 0 bridgehead atoms. The number of methoxy groups -OCH3 is 1. The van der Waals surface area contributed by atoms with E-state index < -0.39 is 6.04 Å². The van der Waals surface area contributed by atoms with Gasteiger partial charge in [0.25, 0.3) is 5.56 Å². The molecular formula is C28H30N4O3. The van der Waals surface area contributed by atoms with Gasteiger partial charge in [-0.1, -0.05) is 37.3 Å². The van der Waals surface area contributed by atoms with Crippen molar-refractivity contribution in [1.29, 1.82) is 0 Å². The van der Waals surface area contributed by atoms with Gasteiger partial charge >= 0.3 is 6.03 Å². The molecule has 1 heterocycles. The summed E-state index contributed by atoms with van der Waals surface area (Å²) in [7, 11) is 3.33. The second-order valence-corrected chi connectivity index (χ2v) is 8.56. The number of nitrogens with zero attached hydrogens (tertiary/aromatic N) is 3.